The van der Waals surface area contributed by atoms with Crippen LogP contribution in [0, 0.1) is 5.92 Å². The fourth-order valence-corrected chi connectivity index (χ4v) is 1.86. The van der Waals surface area contributed by atoms with Gasteiger partial charge in [-0.15, -0.1) is 0 Å². The van der Waals surface area contributed by atoms with E-state index in [4.69, 9.17) is 4.52 Å². The third-order valence-corrected chi connectivity index (χ3v) is 2.96. The predicted octanol–water partition coefficient (Wildman–Crippen LogP) is 1.14. The van der Waals surface area contributed by atoms with Crippen molar-refractivity contribution >= 4 is 5.82 Å². The molecule has 1 aromatic heterocycles. The van der Waals surface area contributed by atoms with Gasteiger partial charge in [-0.2, -0.15) is 0 Å². The molecule has 2 N–H and O–H groups in total. The number of anilines is 1. The molecule has 1 aliphatic heterocycles. The minimum absolute atomic E-state index is 0.827. The number of fused-ring (bicyclic) bond motifs is 1. The molecule has 4 nitrogen and oxygen atoms in total. The highest BCUT2D eigenvalue weighted by Crippen LogP contribution is 2.30. The highest BCUT2D eigenvalue weighted by Gasteiger charge is 2.23. The Kier molecular flexibility index (Phi) is 1.94. The zero-order valence-electron chi connectivity index (χ0n) is 8.18. The Morgan fingerprint density at radius 2 is 2.43 bits per heavy atom. The standard InChI is InChI=1S/C10H15N3O/c1-2-7(1)5-12-10-8-3-4-11-6-9(8)14-13-10/h7,11H,1-6H2,(H,12,13). The largest absolute Gasteiger partial charge is 0.367 e. The summed E-state index contributed by atoms with van der Waals surface area (Å²) in [6, 6.07) is 0. The first kappa shape index (κ1) is 8.29. The number of nitrogens with zero attached hydrogens (tertiary/aromatic N) is 1. The Balaban J connectivity index is 1.72. The van der Waals surface area contributed by atoms with Crippen molar-refractivity contribution in [1.82, 2.24) is 10.5 Å². The SMILES string of the molecule is C1Cc2c(NCC3CC3)noc2CN1. The van der Waals surface area contributed by atoms with Crippen LogP contribution in [0.5, 0.6) is 0 Å². The second-order valence-electron chi connectivity index (χ2n) is 4.18. The summed E-state index contributed by atoms with van der Waals surface area (Å²) in [5, 5.41) is 10.7. The molecule has 3 rings (SSSR count). The third kappa shape index (κ3) is 1.50. The van der Waals surface area contributed by atoms with Gasteiger partial charge >= 0.3 is 0 Å². The number of rotatable bonds is 3. The minimum atomic E-state index is 0.827. The summed E-state index contributed by atoms with van der Waals surface area (Å²) in [5.74, 6) is 2.87. The van der Waals surface area contributed by atoms with Crippen LogP contribution in [-0.2, 0) is 13.0 Å². The van der Waals surface area contributed by atoms with Gasteiger partial charge in [0.25, 0.3) is 0 Å². The average molecular weight is 193 g/mol. The van der Waals surface area contributed by atoms with Gasteiger partial charge in [-0.1, -0.05) is 5.16 Å². The Morgan fingerprint density at radius 3 is 3.29 bits per heavy atom. The fourth-order valence-electron chi connectivity index (χ4n) is 1.86. The molecule has 0 radical (unpaired) electrons. The van der Waals surface area contributed by atoms with E-state index in [9.17, 15) is 0 Å². The van der Waals surface area contributed by atoms with Crippen LogP contribution < -0.4 is 10.6 Å². The maximum atomic E-state index is 5.26. The van der Waals surface area contributed by atoms with E-state index in [1.807, 2.05) is 0 Å². The van der Waals surface area contributed by atoms with Crippen molar-refractivity contribution < 1.29 is 4.52 Å². The molecule has 0 atom stereocenters. The molecule has 76 valence electrons. The van der Waals surface area contributed by atoms with Crippen LogP contribution in [0.2, 0.25) is 0 Å². The zero-order valence-corrected chi connectivity index (χ0v) is 8.18. The van der Waals surface area contributed by atoms with E-state index < -0.39 is 0 Å². The summed E-state index contributed by atoms with van der Waals surface area (Å²) < 4.78 is 5.26. The van der Waals surface area contributed by atoms with Crippen molar-refractivity contribution in [3.8, 4) is 0 Å². The first-order valence-electron chi connectivity index (χ1n) is 5.35. The Labute approximate surface area is 83.0 Å². The molecule has 2 heterocycles. The summed E-state index contributed by atoms with van der Waals surface area (Å²) >= 11 is 0. The normalized spacial score (nSPS) is 20.6. The van der Waals surface area contributed by atoms with Gasteiger partial charge in [0, 0.05) is 12.1 Å². The van der Waals surface area contributed by atoms with Crippen molar-refractivity contribution in [3.63, 3.8) is 0 Å². The Hall–Kier alpha value is -1.03. The number of aromatic nitrogens is 1. The van der Waals surface area contributed by atoms with E-state index in [0.29, 0.717) is 0 Å². The van der Waals surface area contributed by atoms with Gasteiger partial charge in [-0.25, -0.2) is 0 Å². The Morgan fingerprint density at radius 1 is 1.50 bits per heavy atom. The van der Waals surface area contributed by atoms with Crippen LogP contribution in [0.25, 0.3) is 0 Å². The van der Waals surface area contributed by atoms with E-state index in [1.54, 1.807) is 0 Å². The smallest absolute Gasteiger partial charge is 0.172 e. The summed E-state index contributed by atoms with van der Waals surface area (Å²) in [7, 11) is 0. The van der Waals surface area contributed by atoms with Crippen molar-refractivity contribution in [2.45, 2.75) is 25.8 Å². The molecular formula is C10H15N3O. The maximum absolute atomic E-state index is 5.26. The van der Waals surface area contributed by atoms with E-state index >= 15 is 0 Å². The van der Waals surface area contributed by atoms with Crippen molar-refractivity contribution in [2.75, 3.05) is 18.4 Å². The molecule has 0 saturated heterocycles. The summed E-state index contributed by atoms with van der Waals surface area (Å²) in [6.07, 6.45) is 3.77. The zero-order chi connectivity index (χ0) is 9.38. The lowest BCUT2D eigenvalue weighted by Crippen LogP contribution is -2.23. The van der Waals surface area contributed by atoms with Crippen LogP contribution in [0.15, 0.2) is 4.52 Å². The van der Waals surface area contributed by atoms with E-state index in [0.717, 1.165) is 43.6 Å². The molecule has 0 spiro atoms. The first-order chi connectivity index (χ1) is 6.93. The van der Waals surface area contributed by atoms with Crippen molar-refractivity contribution in [3.05, 3.63) is 11.3 Å². The second kappa shape index (κ2) is 3.28. The molecule has 4 heteroatoms. The molecular weight excluding hydrogens is 178 g/mol. The van der Waals surface area contributed by atoms with Gasteiger partial charge in [-0.3, -0.25) is 0 Å². The van der Waals surface area contributed by atoms with Crippen molar-refractivity contribution in [2.24, 2.45) is 5.92 Å². The lowest BCUT2D eigenvalue weighted by Gasteiger charge is -2.11. The topological polar surface area (TPSA) is 50.1 Å². The van der Waals surface area contributed by atoms with Crippen molar-refractivity contribution in [1.29, 1.82) is 0 Å². The van der Waals surface area contributed by atoms with Crippen LogP contribution >= 0.6 is 0 Å². The third-order valence-electron chi connectivity index (χ3n) is 2.96. The monoisotopic (exact) mass is 193 g/mol. The molecule has 0 bridgehead atoms. The molecule has 0 amide bonds. The Bertz CT molecular complexity index is 330. The summed E-state index contributed by atoms with van der Waals surface area (Å²) in [4.78, 5) is 0. The van der Waals surface area contributed by atoms with Crippen LogP contribution in [0.4, 0.5) is 5.82 Å². The molecule has 1 aliphatic carbocycles. The minimum Gasteiger partial charge on any atom is -0.367 e. The first-order valence-corrected chi connectivity index (χ1v) is 5.35. The van der Waals surface area contributed by atoms with Crippen LogP contribution in [-0.4, -0.2) is 18.2 Å². The molecule has 14 heavy (non-hydrogen) atoms. The molecule has 0 unspecified atom stereocenters. The van der Waals surface area contributed by atoms with E-state index in [-0.39, 0.29) is 0 Å². The van der Waals surface area contributed by atoms with E-state index in [1.165, 1.54) is 18.4 Å². The molecule has 1 aromatic rings. The van der Waals surface area contributed by atoms with Gasteiger partial charge in [0.05, 0.1) is 6.54 Å². The maximum Gasteiger partial charge on any atom is 0.172 e. The quantitative estimate of drug-likeness (QED) is 0.756. The molecule has 1 saturated carbocycles. The molecule has 2 aliphatic rings. The molecule has 0 aromatic carbocycles. The number of hydrogen-bond acceptors (Lipinski definition) is 4. The molecule has 1 fully saturated rings. The van der Waals surface area contributed by atoms with Crippen LogP contribution in [0.3, 0.4) is 0 Å². The average Bonchev–Trinajstić information content (AvgIpc) is 2.96. The summed E-state index contributed by atoms with van der Waals surface area (Å²) in [5.41, 5.74) is 1.28. The lowest BCUT2D eigenvalue weighted by molar-refractivity contribution is 0.367. The number of hydrogen-bond donors (Lipinski definition) is 2. The van der Waals surface area contributed by atoms with Gasteiger partial charge < -0.3 is 15.2 Å². The number of nitrogens with one attached hydrogen (secondary N) is 2. The lowest BCUT2D eigenvalue weighted by atomic mass is 10.1. The highest BCUT2D eigenvalue weighted by atomic mass is 16.5. The second-order valence-corrected chi connectivity index (χ2v) is 4.18. The van der Waals surface area contributed by atoms with Gasteiger partial charge in [0.2, 0.25) is 0 Å². The van der Waals surface area contributed by atoms with Gasteiger partial charge in [0.1, 0.15) is 0 Å². The van der Waals surface area contributed by atoms with Gasteiger partial charge in [0.15, 0.2) is 11.6 Å². The fraction of sp³-hybridized carbons (Fsp3) is 0.700. The predicted molar refractivity (Wildman–Crippen MR) is 53.1 cm³/mol. The van der Waals surface area contributed by atoms with Crippen LogP contribution in [0.1, 0.15) is 24.2 Å². The highest BCUT2D eigenvalue weighted by molar-refractivity contribution is 5.46. The van der Waals surface area contributed by atoms with E-state index in [2.05, 4.69) is 15.8 Å². The van der Waals surface area contributed by atoms with Gasteiger partial charge in [-0.05, 0) is 31.7 Å². The summed E-state index contributed by atoms with van der Waals surface area (Å²) in [6.45, 7) is 2.92.